The minimum atomic E-state index is -0.872. The van der Waals surface area contributed by atoms with Crippen molar-refractivity contribution in [1.82, 2.24) is 20.3 Å². The maximum Gasteiger partial charge on any atom is 0.330 e. The predicted octanol–water partition coefficient (Wildman–Crippen LogP) is 3.15. The van der Waals surface area contributed by atoms with E-state index in [0.717, 1.165) is 27.7 Å². The summed E-state index contributed by atoms with van der Waals surface area (Å²) in [5, 5.41) is 1.04. The number of hydrogen-bond donors (Lipinski definition) is 3. The number of carbonyl (C=O) groups is 3. The molecule has 4 amide bonds. The van der Waals surface area contributed by atoms with Gasteiger partial charge in [0.05, 0.1) is 6.04 Å². The number of carbonyl (C=O) groups excluding carboxylic acids is 3. The zero-order chi connectivity index (χ0) is 23.9. The Hall–Kier alpha value is -3.81. The molecule has 4 rings (SSSR count). The molecule has 0 fully saturated rings. The molecule has 1 aliphatic rings. The summed E-state index contributed by atoms with van der Waals surface area (Å²) in [7, 11) is 2.00. The highest BCUT2D eigenvalue weighted by atomic mass is 16.2. The Morgan fingerprint density at radius 2 is 1.76 bits per heavy atom. The van der Waals surface area contributed by atoms with Crippen LogP contribution in [0.25, 0.3) is 10.9 Å². The van der Waals surface area contributed by atoms with Gasteiger partial charge < -0.3 is 15.2 Å². The summed E-state index contributed by atoms with van der Waals surface area (Å²) in [5.74, 6) is -0.856. The van der Waals surface area contributed by atoms with E-state index in [-0.39, 0.29) is 11.8 Å². The molecule has 4 N–H and O–H groups in total. The fourth-order valence-corrected chi connectivity index (χ4v) is 4.89. The average molecular weight is 448 g/mol. The molecule has 3 atom stereocenters. The molecule has 8 nitrogen and oxygen atoms in total. The monoisotopic (exact) mass is 447 g/mol. The lowest BCUT2D eigenvalue weighted by atomic mass is 9.91. The smallest absolute Gasteiger partial charge is 0.330 e. The van der Waals surface area contributed by atoms with Crippen LogP contribution in [0.5, 0.6) is 0 Å². The second-order valence-corrected chi connectivity index (χ2v) is 8.59. The fraction of sp³-hybridized carbons (Fsp3) is 0.320. The number of aryl methyl sites for hydroxylation is 1. The molecule has 0 bridgehead atoms. The van der Waals surface area contributed by atoms with E-state index in [9.17, 15) is 14.4 Å². The number of nitrogens with one attached hydrogen (secondary N) is 2. The first-order valence-electron chi connectivity index (χ1n) is 11.1. The Bertz CT molecular complexity index is 1250. The first kappa shape index (κ1) is 22.4. The molecular weight excluding hydrogens is 418 g/mol. The highest BCUT2D eigenvalue weighted by Gasteiger charge is 2.46. The van der Waals surface area contributed by atoms with Crippen LogP contribution in [-0.2, 0) is 11.8 Å². The van der Waals surface area contributed by atoms with Gasteiger partial charge >= 0.3 is 6.03 Å². The van der Waals surface area contributed by atoms with Crippen LogP contribution in [0.4, 0.5) is 4.79 Å². The molecule has 0 saturated heterocycles. The lowest BCUT2D eigenvalue weighted by molar-refractivity contribution is -0.128. The van der Waals surface area contributed by atoms with Crippen molar-refractivity contribution in [2.24, 2.45) is 18.7 Å². The summed E-state index contributed by atoms with van der Waals surface area (Å²) in [5.41, 5.74) is 14.2. The van der Waals surface area contributed by atoms with Gasteiger partial charge in [-0.25, -0.2) is 10.2 Å². The van der Waals surface area contributed by atoms with Gasteiger partial charge in [0.2, 0.25) is 0 Å². The number of rotatable bonds is 5. The zero-order valence-electron chi connectivity index (χ0n) is 19.3. The topological polar surface area (TPSA) is 109 Å². The quantitative estimate of drug-likeness (QED) is 0.523. The Morgan fingerprint density at radius 3 is 2.45 bits per heavy atom. The van der Waals surface area contributed by atoms with Crippen LogP contribution in [0.15, 0.2) is 48.5 Å². The standard InChI is InChI=1S/C25H29N5O3/c1-5-14(2)21(23(31)27-28-25(26)33)30-22(16-10-6-7-11-17(16)24(30)32)20-15(3)29(4)19-13-9-8-12-18(19)20/h6-14,21-22H,5H2,1-4H3,(H,27,31)(H3,26,28,33). The SMILES string of the molecule is CCC(C)C(C(=O)NNC(N)=O)N1C(=O)c2ccccc2C1c1c(C)n(C)c2ccccc12. The largest absolute Gasteiger partial charge is 0.350 e. The van der Waals surface area contributed by atoms with E-state index in [2.05, 4.69) is 21.5 Å². The summed E-state index contributed by atoms with van der Waals surface area (Å²) >= 11 is 0. The number of aromatic nitrogens is 1. The van der Waals surface area contributed by atoms with Crippen molar-refractivity contribution >= 4 is 28.7 Å². The number of fused-ring (bicyclic) bond motifs is 2. The molecule has 2 aromatic carbocycles. The van der Waals surface area contributed by atoms with E-state index in [1.807, 2.05) is 64.2 Å². The lowest BCUT2D eigenvalue weighted by Crippen LogP contribution is -2.56. The Labute approximate surface area is 192 Å². The van der Waals surface area contributed by atoms with Crippen LogP contribution in [0.1, 0.15) is 53.5 Å². The van der Waals surface area contributed by atoms with Crippen LogP contribution in [-0.4, -0.2) is 33.4 Å². The minimum Gasteiger partial charge on any atom is -0.350 e. The van der Waals surface area contributed by atoms with Crippen molar-refractivity contribution in [1.29, 1.82) is 0 Å². The molecule has 33 heavy (non-hydrogen) atoms. The van der Waals surface area contributed by atoms with Gasteiger partial charge in [0.15, 0.2) is 0 Å². The molecule has 0 radical (unpaired) electrons. The number of benzene rings is 2. The van der Waals surface area contributed by atoms with E-state index >= 15 is 0 Å². The highest BCUT2D eigenvalue weighted by Crippen LogP contribution is 2.45. The van der Waals surface area contributed by atoms with Crippen LogP contribution < -0.4 is 16.6 Å². The van der Waals surface area contributed by atoms with Gasteiger partial charge in [0, 0.05) is 34.8 Å². The Morgan fingerprint density at radius 1 is 1.09 bits per heavy atom. The maximum atomic E-state index is 13.8. The minimum absolute atomic E-state index is 0.171. The molecule has 8 heteroatoms. The van der Waals surface area contributed by atoms with Gasteiger partial charge in [-0.3, -0.25) is 15.0 Å². The molecule has 3 aromatic rings. The van der Waals surface area contributed by atoms with E-state index < -0.39 is 24.0 Å². The molecule has 0 spiro atoms. The predicted molar refractivity (Wildman–Crippen MR) is 126 cm³/mol. The first-order valence-corrected chi connectivity index (χ1v) is 11.1. The molecule has 3 unspecified atom stereocenters. The summed E-state index contributed by atoms with van der Waals surface area (Å²) in [6, 6.07) is 13.4. The normalized spacial score (nSPS) is 17.0. The van der Waals surface area contributed by atoms with Crippen LogP contribution >= 0.6 is 0 Å². The van der Waals surface area contributed by atoms with Crippen LogP contribution in [0.3, 0.4) is 0 Å². The number of para-hydroxylation sites is 1. The second kappa shape index (κ2) is 8.61. The van der Waals surface area contributed by atoms with Gasteiger partial charge in [-0.15, -0.1) is 0 Å². The molecular formula is C25H29N5O3. The Balaban J connectivity index is 1.93. The molecule has 172 valence electrons. The third kappa shape index (κ3) is 3.61. The molecule has 0 aliphatic carbocycles. The van der Waals surface area contributed by atoms with E-state index in [4.69, 9.17) is 5.73 Å². The van der Waals surface area contributed by atoms with E-state index in [0.29, 0.717) is 12.0 Å². The van der Waals surface area contributed by atoms with Crippen molar-refractivity contribution in [3.05, 3.63) is 70.9 Å². The molecule has 1 aromatic heterocycles. The number of primary amides is 1. The summed E-state index contributed by atoms with van der Waals surface area (Å²) < 4.78 is 2.11. The highest BCUT2D eigenvalue weighted by molar-refractivity contribution is 6.03. The fourth-order valence-electron chi connectivity index (χ4n) is 4.89. The molecule has 0 saturated carbocycles. The number of nitrogens with two attached hydrogens (primary N) is 1. The number of hydrazine groups is 1. The van der Waals surface area contributed by atoms with Gasteiger partial charge in [0.25, 0.3) is 11.8 Å². The average Bonchev–Trinajstić information content (AvgIpc) is 3.23. The number of urea groups is 1. The van der Waals surface area contributed by atoms with Crippen LogP contribution in [0, 0.1) is 12.8 Å². The maximum absolute atomic E-state index is 13.8. The summed E-state index contributed by atoms with van der Waals surface area (Å²) in [6.07, 6.45) is 0.663. The van der Waals surface area contributed by atoms with E-state index in [1.54, 1.807) is 11.0 Å². The Kier molecular flexibility index (Phi) is 5.84. The lowest BCUT2D eigenvalue weighted by Gasteiger charge is -2.36. The van der Waals surface area contributed by atoms with Crippen LogP contribution in [0.2, 0.25) is 0 Å². The van der Waals surface area contributed by atoms with Crippen molar-refractivity contribution in [3.63, 3.8) is 0 Å². The van der Waals surface area contributed by atoms with Gasteiger partial charge in [0.1, 0.15) is 6.04 Å². The van der Waals surface area contributed by atoms with Crippen molar-refractivity contribution in [3.8, 4) is 0 Å². The number of nitrogens with zero attached hydrogens (tertiary/aromatic N) is 2. The number of amides is 4. The third-order valence-corrected chi connectivity index (χ3v) is 6.78. The molecule has 1 aliphatic heterocycles. The van der Waals surface area contributed by atoms with E-state index in [1.165, 1.54) is 0 Å². The van der Waals surface area contributed by atoms with Gasteiger partial charge in [-0.05, 0) is 30.5 Å². The summed E-state index contributed by atoms with van der Waals surface area (Å²) in [4.78, 5) is 39.9. The summed E-state index contributed by atoms with van der Waals surface area (Å²) in [6.45, 7) is 5.93. The third-order valence-electron chi connectivity index (χ3n) is 6.78. The first-order chi connectivity index (χ1) is 15.8. The second-order valence-electron chi connectivity index (χ2n) is 8.59. The molecule has 2 heterocycles. The number of hydrogen-bond acceptors (Lipinski definition) is 3. The van der Waals surface area contributed by atoms with Crippen molar-refractivity contribution < 1.29 is 14.4 Å². The van der Waals surface area contributed by atoms with Crippen molar-refractivity contribution in [2.45, 2.75) is 39.3 Å². The van der Waals surface area contributed by atoms with Gasteiger partial charge in [-0.2, -0.15) is 0 Å². The van der Waals surface area contributed by atoms with Crippen molar-refractivity contribution in [2.75, 3.05) is 0 Å². The zero-order valence-corrected chi connectivity index (χ0v) is 19.3. The van der Waals surface area contributed by atoms with Gasteiger partial charge in [-0.1, -0.05) is 56.7 Å².